The van der Waals surface area contributed by atoms with Gasteiger partial charge < -0.3 is 19.3 Å². The van der Waals surface area contributed by atoms with Crippen LogP contribution in [-0.4, -0.2) is 71.3 Å². The van der Waals surface area contributed by atoms with Crippen molar-refractivity contribution in [2.75, 3.05) is 39.9 Å². The highest BCUT2D eigenvalue weighted by Crippen LogP contribution is 2.18. The second-order valence-electron chi connectivity index (χ2n) is 7.34. The number of ether oxygens (including phenoxy) is 2. The Morgan fingerprint density at radius 1 is 0.966 bits per heavy atom. The minimum atomic E-state index is -0.0784. The molecule has 2 aliphatic rings. The average molecular weight is 398 g/mol. The van der Waals surface area contributed by atoms with E-state index in [-0.39, 0.29) is 18.4 Å². The highest BCUT2D eigenvalue weighted by Gasteiger charge is 2.27. The molecule has 3 heterocycles. The summed E-state index contributed by atoms with van der Waals surface area (Å²) in [6, 6.07) is 9.04. The number of amides is 2. The van der Waals surface area contributed by atoms with E-state index in [9.17, 15) is 9.59 Å². The van der Waals surface area contributed by atoms with Gasteiger partial charge in [-0.2, -0.15) is 5.10 Å². The van der Waals surface area contributed by atoms with Gasteiger partial charge in [0.05, 0.1) is 7.11 Å². The van der Waals surface area contributed by atoms with E-state index in [1.165, 1.54) is 0 Å². The molecule has 29 heavy (non-hydrogen) atoms. The van der Waals surface area contributed by atoms with Crippen molar-refractivity contribution in [3.63, 3.8) is 0 Å². The van der Waals surface area contributed by atoms with E-state index in [1.807, 2.05) is 10.7 Å². The first-order chi connectivity index (χ1) is 14.1. The number of piperazine rings is 1. The Bertz CT molecular complexity index is 846. The van der Waals surface area contributed by atoms with Crippen LogP contribution in [0.5, 0.6) is 11.5 Å². The number of hydrogen-bond donors (Lipinski definition) is 0. The largest absolute Gasteiger partial charge is 0.497 e. The Morgan fingerprint density at radius 2 is 1.66 bits per heavy atom. The van der Waals surface area contributed by atoms with Crippen LogP contribution < -0.4 is 9.47 Å². The molecule has 2 aliphatic heterocycles. The number of rotatable bonds is 5. The van der Waals surface area contributed by atoms with Gasteiger partial charge in [-0.15, -0.1) is 0 Å². The van der Waals surface area contributed by atoms with Crippen LogP contribution in [0.1, 0.15) is 29.0 Å². The second-order valence-corrected chi connectivity index (χ2v) is 7.34. The molecular formula is C21H26N4O4. The molecule has 0 saturated carbocycles. The van der Waals surface area contributed by atoms with Gasteiger partial charge in [0.25, 0.3) is 11.8 Å². The number of carbonyl (C=O) groups is 2. The highest BCUT2D eigenvalue weighted by atomic mass is 16.5. The summed E-state index contributed by atoms with van der Waals surface area (Å²) in [4.78, 5) is 28.7. The Balaban J connectivity index is 1.26. The summed E-state index contributed by atoms with van der Waals surface area (Å²) in [7, 11) is 1.60. The molecule has 2 amide bonds. The minimum absolute atomic E-state index is 0.0198. The lowest BCUT2D eigenvalue weighted by Crippen LogP contribution is -2.51. The van der Waals surface area contributed by atoms with Gasteiger partial charge in [0.15, 0.2) is 12.3 Å². The molecule has 1 aromatic heterocycles. The molecule has 0 atom stereocenters. The van der Waals surface area contributed by atoms with Crippen LogP contribution in [0.25, 0.3) is 0 Å². The number of carbonyl (C=O) groups excluding carboxylic acids is 2. The zero-order chi connectivity index (χ0) is 20.2. The van der Waals surface area contributed by atoms with E-state index in [4.69, 9.17) is 9.47 Å². The first-order valence-electron chi connectivity index (χ1n) is 10.0. The van der Waals surface area contributed by atoms with Crippen molar-refractivity contribution < 1.29 is 19.1 Å². The molecule has 0 spiro atoms. The lowest BCUT2D eigenvalue weighted by Gasteiger charge is -2.34. The average Bonchev–Trinajstić information content (AvgIpc) is 3.22. The molecule has 1 aromatic carbocycles. The van der Waals surface area contributed by atoms with Crippen molar-refractivity contribution in [2.24, 2.45) is 0 Å². The highest BCUT2D eigenvalue weighted by molar-refractivity contribution is 5.92. The van der Waals surface area contributed by atoms with E-state index in [0.717, 1.165) is 37.3 Å². The number of fused-ring (bicyclic) bond motifs is 1. The number of nitrogens with zero attached hydrogens (tertiary/aromatic N) is 4. The van der Waals surface area contributed by atoms with Gasteiger partial charge in [-0.25, -0.2) is 0 Å². The Kier molecular flexibility index (Phi) is 5.69. The van der Waals surface area contributed by atoms with Gasteiger partial charge in [-0.05, 0) is 49.6 Å². The number of methoxy groups -OCH3 is 1. The molecule has 0 aliphatic carbocycles. The number of hydrogen-bond acceptors (Lipinski definition) is 5. The smallest absolute Gasteiger partial charge is 0.274 e. The molecular weight excluding hydrogens is 372 g/mol. The van der Waals surface area contributed by atoms with Crippen molar-refractivity contribution in [3.05, 3.63) is 41.7 Å². The van der Waals surface area contributed by atoms with Crippen LogP contribution >= 0.6 is 0 Å². The summed E-state index contributed by atoms with van der Waals surface area (Å²) in [5.41, 5.74) is 1.66. The third-order valence-electron chi connectivity index (χ3n) is 5.48. The van der Waals surface area contributed by atoms with E-state index in [2.05, 4.69) is 5.10 Å². The quantitative estimate of drug-likeness (QED) is 0.765. The normalized spacial score (nSPS) is 16.3. The molecule has 8 nitrogen and oxygen atoms in total. The summed E-state index contributed by atoms with van der Waals surface area (Å²) in [6.45, 7) is 2.89. The fraction of sp³-hybridized carbons (Fsp3) is 0.476. The van der Waals surface area contributed by atoms with Gasteiger partial charge in [-0.1, -0.05) is 0 Å². The van der Waals surface area contributed by atoms with E-state index < -0.39 is 0 Å². The topological polar surface area (TPSA) is 76.9 Å². The molecule has 1 saturated heterocycles. The van der Waals surface area contributed by atoms with Crippen LogP contribution in [0.15, 0.2) is 30.3 Å². The van der Waals surface area contributed by atoms with Crippen LogP contribution in [0, 0.1) is 0 Å². The SMILES string of the molecule is COc1ccc(OCC(=O)N2CCN(C(=O)c3cc4n(n3)CCCC4)CC2)cc1. The zero-order valence-electron chi connectivity index (χ0n) is 16.7. The summed E-state index contributed by atoms with van der Waals surface area (Å²) in [5.74, 6) is 1.23. The summed E-state index contributed by atoms with van der Waals surface area (Å²) < 4.78 is 12.6. The summed E-state index contributed by atoms with van der Waals surface area (Å²) in [6.07, 6.45) is 3.25. The van der Waals surface area contributed by atoms with Gasteiger partial charge in [-0.3, -0.25) is 14.3 Å². The van der Waals surface area contributed by atoms with E-state index in [1.54, 1.807) is 41.2 Å². The molecule has 154 valence electrons. The van der Waals surface area contributed by atoms with Crippen LogP contribution in [0.3, 0.4) is 0 Å². The molecule has 4 rings (SSSR count). The fourth-order valence-corrected chi connectivity index (χ4v) is 3.75. The second kappa shape index (κ2) is 8.55. The maximum absolute atomic E-state index is 12.8. The number of aryl methyl sites for hydroxylation is 2. The lowest BCUT2D eigenvalue weighted by atomic mass is 10.1. The van der Waals surface area contributed by atoms with Crippen molar-refractivity contribution in [1.29, 1.82) is 0 Å². The zero-order valence-corrected chi connectivity index (χ0v) is 16.7. The van der Waals surface area contributed by atoms with Crippen LogP contribution in [-0.2, 0) is 17.8 Å². The molecule has 1 fully saturated rings. The Hall–Kier alpha value is -3.03. The Labute approximate surface area is 170 Å². The number of aromatic nitrogens is 2. The molecule has 0 N–H and O–H groups in total. The van der Waals surface area contributed by atoms with Gasteiger partial charge >= 0.3 is 0 Å². The van der Waals surface area contributed by atoms with E-state index in [0.29, 0.717) is 37.6 Å². The van der Waals surface area contributed by atoms with Crippen LogP contribution in [0.4, 0.5) is 0 Å². The third-order valence-corrected chi connectivity index (χ3v) is 5.48. The molecule has 8 heteroatoms. The fourth-order valence-electron chi connectivity index (χ4n) is 3.75. The van der Waals surface area contributed by atoms with Crippen molar-refractivity contribution in [2.45, 2.75) is 25.8 Å². The summed E-state index contributed by atoms with van der Waals surface area (Å²) >= 11 is 0. The number of benzene rings is 1. The summed E-state index contributed by atoms with van der Waals surface area (Å²) in [5, 5.41) is 4.47. The third kappa shape index (κ3) is 4.36. The van der Waals surface area contributed by atoms with E-state index >= 15 is 0 Å². The van der Waals surface area contributed by atoms with Gasteiger partial charge in [0.1, 0.15) is 11.5 Å². The predicted octanol–water partition coefficient (Wildman–Crippen LogP) is 1.59. The molecule has 0 radical (unpaired) electrons. The monoisotopic (exact) mass is 398 g/mol. The maximum Gasteiger partial charge on any atom is 0.274 e. The first-order valence-corrected chi connectivity index (χ1v) is 10.0. The lowest BCUT2D eigenvalue weighted by molar-refractivity contribution is -0.134. The maximum atomic E-state index is 12.8. The van der Waals surface area contributed by atoms with Crippen molar-refractivity contribution in [3.8, 4) is 11.5 Å². The minimum Gasteiger partial charge on any atom is -0.497 e. The Morgan fingerprint density at radius 3 is 2.34 bits per heavy atom. The predicted molar refractivity (Wildman–Crippen MR) is 106 cm³/mol. The van der Waals surface area contributed by atoms with Crippen molar-refractivity contribution in [1.82, 2.24) is 19.6 Å². The van der Waals surface area contributed by atoms with Crippen LogP contribution in [0.2, 0.25) is 0 Å². The van der Waals surface area contributed by atoms with Gasteiger partial charge in [0.2, 0.25) is 0 Å². The van der Waals surface area contributed by atoms with Crippen molar-refractivity contribution >= 4 is 11.8 Å². The molecule has 2 aromatic rings. The first kappa shape index (κ1) is 19.3. The van der Waals surface area contributed by atoms with Gasteiger partial charge in [0, 0.05) is 38.4 Å². The molecule has 0 unspecified atom stereocenters. The molecule has 0 bridgehead atoms. The standard InChI is InChI=1S/C21H26N4O4/c1-28-17-5-7-18(8-6-17)29-15-20(26)23-10-12-24(13-11-23)21(27)19-14-16-4-2-3-9-25(16)22-19/h5-8,14H,2-4,9-13,15H2,1H3.